The number of rotatable bonds is 6. The van der Waals surface area contributed by atoms with E-state index >= 15 is 0 Å². The van der Waals surface area contributed by atoms with Crippen LogP contribution in [-0.2, 0) is 6.54 Å². The Morgan fingerprint density at radius 2 is 2.29 bits per heavy atom. The van der Waals surface area contributed by atoms with Crippen molar-refractivity contribution in [2.75, 3.05) is 12.8 Å². The highest BCUT2D eigenvalue weighted by molar-refractivity contribution is 7.99. The molecule has 0 aliphatic carbocycles. The molecule has 1 atom stereocenters. The van der Waals surface area contributed by atoms with E-state index in [9.17, 15) is 9.18 Å². The first kappa shape index (κ1) is 14.0. The van der Waals surface area contributed by atoms with E-state index in [0.717, 1.165) is 6.54 Å². The summed E-state index contributed by atoms with van der Waals surface area (Å²) in [6.45, 7) is 3.37. The second-order valence-electron chi connectivity index (χ2n) is 3.85. The molecule has 0 aromatic heterocycles. The zero-order valence-corrected chi connectivity index (χ0v) is 10.8. The summed E-state index contributed by atoms with van der Waals surface area (Å²) in [7, 11) is 0. The van der Waals surface area contributed by atoms with Gasteiger partial charge in [-0.25, -0.2) is 4.39 Å². The number of thioether (sulfide) groups is 1. The molecule has 0 saturated heterocycles. The fourth-order valence-electron chi connectivity index (χ4n) is 1.34. The lowest BCUT2D eigenvalue weighted by atomic mass is 10.1. The summed E-state index contributed by atoms with van der Waals surface area (Å²) in [5.41, 5.74) is 5.81. The van der Waals surface area contributed by atoms with Crippen molar-refractivity contribution in [3.63, 3.8) is 0 Å². The van der Waals surface area contributed by atoms with Gasteiger partial charge in [0, 0.05) is 29.5 Å². The number of primary amides is 1. The molecule has 0 bridgehead atoms. The van der Waals surface area contributed by atoms with Gasteiger partial charge in [-0.05, 0) is 18.4 Å². The third-order valence-corrected chi connectivity index (χ3v) is 3.46. The zero-order valence-electron chi connectivity index (χ0n) is 10.00. The summed E-state index contributed by atoms with van der Waals surface area (Å²) in [4.78, 5) is 10.8. The van der Waals surface area contributed by atoms with Crippen molar-refractivity contribution >= 4 is 17.7 Å². The third-order valence-electron chi connectivity index (χ3n) is 2.49. The third kappa shape index (κ3) is 4.36. The number of halogens is 1. The number of hydrogen-bond donors (Lipinski definition) is 2. The Balaban J connectivity index is 2.57. The van der Waals surface area contributed by atoms with Gasteiger partial charge in [-0.1, -0.05) is 13.0 Å². The van der Waals surface area contributed by atoms with Crippen LogP contribution in [0.1, 0.15) is 22.8 Å². The largest absolute Gasteiger partial charge is 0.366 e. The maximum Gasteiger partial charge on any atom is 0.248 e. The first-order chi connectivity index (χ1) is 8.04. The van der Waals surface area contributed by atoms with Gasteiger partial charge in [0.25, 0.3) is 0 Å². The number of nitrogens with one attached hydrogen (secondary N) is 1. The molecule has 0 saturated carbocycles. The Labute approximate surface area is 105 Å². The van der Waals surface area contributed by atoms with Crippen molar-refractivity contribution < 1.29 is 9.18 Å². The molecule has 0 spiro atoms. The first-order valence-electron chi connectivity index (χ1n) is 5.36. The van der Waals surface area contributed by atoms with E-state index in [4.69, 9.17) is 5.73 Å². The predicted octanol–water partition coefficient (Wildman–Crippen LogP) is 1.77. The molecule has 5 heteroatoms. The molecule has 1 unspecified atom stereocenters. The lowest BCUT2D eigenvalue weighted by Gasteiger charge is -2.10. The molecule has 1 rings (SSSR count). The highest BCUT2D eigenvalue weighted by Crippen LogP contribution is 2.10. The predicted molar refractivity (Wildman–Crippen MR) is 69.6 cm³/mol. The van der Waals surface area contributed by atoms with Crippen LogP contribution in [0.3, 0.4) is 0 Å². The molecule has 1 aromatic carbocycles. The molecule has 0 fully saturated rings. The molecule has 3 nitrogen and oxygen atoms in total. The van der Waals surface area contributed by atoms with Crippen LogP contribution in [-0.4, -0.2) is 24.0 Å². The fraction of sp³-hybridized carbons (Fsp3) is 0.417. The molecular weight excluding hydrogens is 239 g/mol. The minimum absolute atomic E-state index is 0.198. The maximum absolute atomic E-state index is 13.6. The van der Waals surface area contributed by atoms with Crippen LogP contribution in [0.2, 0.25) is 0 Å². The van der Waals surface area contributed by atoms with Gasteiger partial charge >= 0.3 is 0 Å². The van der Waals surface area contributed by atoms with E-state index in [0.29, 0.717) is 17.4 Å². The van der Waals surface area contributed by atoms with Gasteiger partial charge < -0.3 is 11.1 Å². The van der Waals surface area contributed by atoms with Crippen molar-refractivity contribution in [3.8, 4) is 0 Å². The van der Waals surface area contributed by atoms with Gasteiger partial charge in [-0.2, -0.15) is 11.8 Å². The fourth-order valence-corrected chi connectivity index (χ4v) is 1.62. The van der Waals surface area contributed by atoms with Crippen LogP contribution in [0.25, 0.3) is 0 Å². The normalized spacial score (nSPS) is 12.4. The van der Waals surface area contributed by atoms with Gasteiger partial charge in [0.15, 0.2) is 0 Å². The number of hydrogen-bond acceptors (Lipinski definition) is 3. The van der Waals surface area contributed by atoms with Crippen molar-refractivity contribution in [2.24, 2.45) is 5.73 Å². The summed E-state index contributed by atoms with van der Waals surface area (Å²) in [6.07, 6.45) is 2.04. The maximum atomic E-state index is 13.6. The number of carbonyl (C=O) groups excluding carboxylic acids is 1. The SMILES string of the molecule is CSC(C)CNCc1ccc(C(N)=O)cc1F. The second-order valence-corrected chi connectivity index (χ2v) is 5.12. The smallest absolute Gasteiger partial charge is 0.248 e. The van der Waals surface area contributed by atoms with E-state index in [1.165, 1.54) is 6.07 Å². The average Bonchev–Trinajstić information content (AvgIpc) is 2.30. The highest BCUT2D eigenvalue weighted by atomic mass is 32.2. The van der Waals surface area contributed by atoms with Crippen LogP contribution < -0.4 is 11.1 Å². The zero-order chi connectivity index (χ0) is 12.8. The Kier molecular flexibility index (Phi) is 5.44. The van der Waals surface area contributed by atoms with Crippen LogP contribution in [0, 0.1) is 5.82 Å². The minimum Gasteiger partial charge on any atom is -0.366 e. The monoisotopic (exact) mass is 256 g/mol. The Hall–Kier alpha value is -1.07. The van der Waals surface area contributed by atoms with E-state index < -0.39 is 11.7 Å². The van der Waals surface area contributed by atoms with Crippen molar-refractivity contribution in [2.45, 2.75) is 18.7 Å². The van der Waals surface area contributed by atoms with E-state index in [-0.39, 0.29) is 5.56 Å². The molecule has 0 aliphatic rings. The summed E-state index contributed by atoms with van der Waals surface area (Å²) >= 11 is 1.75. The van der Waals surface area contributed by atoms with E-state index in [1.54, 1.807) is 23.9 Å². The summed E-state index contributed by atoms with van der Waals surface area (Å²) in [6, 6.07) is 4.31. The Morgan fingerprint density at radius 3 is 2.82 bits per heavy atom. The lowest BCUT2D eigenvalue weighted by Crippen LogP contribution is -2.22. The molecule has 3 N–H and O–H groups in total. The van der Waals surface area contributed by atoms with Crippen LogP contribution in [0.5, 0.6) is 0 Å². The minimum atomic E-state index is -0.612. The lowest BCUT2D eigenvalue weighted by molar-refractivity contribution is 0.1000. The van der Waals surface area contributed by atoms with E-state index in [1.807, 2.05) is 6.26 Å². The van der Waals surface area contributed by atoms with Gasteiger partial charge in [0.05, 0.1) is 0 Å². The number of carbonyl (C=O) groups is 1. The van der Waals surface area contributed by atoms with Crippen LogP contribution >= 0.6 is 11.8 Å². The standard InChI is InChI=1S/C12H17FN2OS/c1-8(17-2)6-15-7-10-4-3-9(12(14)16)5-11(10)13/h3-5,8,15H,6-7H2,1-2H3,(H2,14,16). The number of amides is 1. The first-order valence-corrected chi connectivity index (χ1v) is 6.65. The molecule has 1 amide bonds. The van der Waals surface area contributed by atoms with Crippen LogP contribution in [0.15, 0.2) is 18.2 Å². The molecule has 0 aliphatic heterocycles. The Bertz CT molecular complexity index is 398. The molecule has 0 heterocycles. The average molecular weight is 256 g/mol. The molecule has 0 radical (unpaired) electrons. The van der Waals surface area contributed by atoms with Crippen molar-refractivity contribution in [1.29, 1.82) is 0 Å². The van der Waals surface area contributed by atoms with Gasteiger partial charge in [0.1, 0.15) is 5.82 Å². The van der Waals surface area contributed by atoms with Gasteiger partial charge in [-0.15, -0.1) is 0 Å². The second kappa shape index (κ2) is 6.61. The summed E-state index contributed by atoms with van der Waals surface area (Å²) in [5, 5.41) is 3.65. The molecule has 1 aromatic rings. The van der Waals surface area contributed by atoms with Crippen molar-refractivity contribution in [1.82, 2.24) is 5.32 Å². The van der Waals surface area contributed by atoms with Gasteiger partial charge in [-0.3, -0.25) is 4.79 Å². The highest BCUT2D eigenvalue weighted by Gasteiger charge is 2.07. The molecule has 17 heavy (non-hydrogen) atoms. The quantitative estimate of drug-likeness (QED) is 0.815. The van der Waals surface area contributed by atoms with Crippen LogP contribution in [0.4, 0.5) is 4.39 Å². The van der Waals surface area contributed by atoms with Gasteiger partial charge in [0.2, 0.25) is 5.91 Å². The number of nitrogens with two attached hydrogens (primary N) is 1. The number of benzene rings is 1. The van der Waals surface area contributed by atoms with Crippen molar-refractivity contribution in [3.05, 3.63) is 35.1 Å². The summed E-state index contributed by atoms with van der Waals surface area (Å²) in [5.74, 6) is -1.01. The molecule has 94 valence electrons. The Morgan fingerprint density at radius 1 is 1.59 bits per heavy atom. The summed E-state index contributed by atoms with van der Waals surface area (Å²) < 4.78 is 13.6. The topological polar surface area (TPSA) is 55.1 Å². The molecular formula is C12H17FN2OS. The van der Waals surface area contributed by atoms with E-state index in [2.05, 4.69) is 12.2 Å².